The van der Waals surface area contributed by atoms with Gasteiger partial charge in [0.25, 0.3) is 0 Å². The zero-order valence-corrected chi connectivity index (χ0v) is 13.1. The molecule has 2 heteroatoms. The van der Waals surface area contributed by atoms with Gasteiger partial charge in [0.1, 0.15) is 0 Å². The van der Waals surface area contributed by atoms with E-state index in [1.165, 1.54) is 22.3 Å². The summed E-state index contributed by atoms with van der Waals surface area (Å²) in [5, 5.41) is -0.0845. The average Bonchev–Trinajstić information content (AvgIpc) is 2.28. The third-order valence-corrected chi connectivity index (χ3v) is 4.15. The molecule has 0 saturated carbocycles. The first-order valence-electron chi connectivity index (χ1n) is 5.96. The molecule has 0 fully saturated rings. The van der Waals surface area contributed by atoms with Gasteiger partial charge in [0.05, 0.1) is 5.38 Å². The molecule has 0 spiro atoms. The highest BCUT2D eigenvalue weighted by atomic mass is 79.9. The van der Waals surface area contributed by atoms with Crippen LogP contribution in [0.3, 0.4) is 0 Å². The molecule has 0 N–H and O–H groups in total. The Balaban J connectivity index is 2.46. The van der Waals surface area contributed by atoms with Gasteiger partial charge < -0.3 is 0 Å². The quantitative estimate of drug-likeness (QED) is 0.622. The molecule has 0 bridgehead atoms. The second-order valence-corrected chi connectivity index (χ2v) is 6.08. The maximum Gasteiger partial charge on any atom is 0.0840 e. The van der Waals surface area contributed by atoms with E-state index in [2.05, 4.69) is 61.0 Å². The van der Waals surface area contributed by atoms with Gasteiger partial charge in [-0.3, -0.25) is 0 Å². The van der Waals surface area contributed by atoms with Gasteiger partial charge in [-0.2, -0.15) is 0 Å². The van der Waals surface area contributed by atoms with Crippen molar-refractivity contribution < 1.29 is 0 Å². The molecule has 2 aromatic carbocycles. The van der Waals surface area contributed by atoms with Gasteiger partial charge in [0.15, 0.2) is 0 Å². The number of hydrogen-bond donors (Lipinski definition) is 0. The van der Waals surface area contributed by atoms with Crippen molar-refractivity contribution in [2.45, 2.75) is 26.1 Å². The van der Waals surface area contributed by atoms with E-state index in [1.807, 2.05) is 12.1 Å². The van der Waals surface area contributed by atoms with Gasteiger partial charge in [-0.05, 0) is 55.2 Å². The number of aryl methyl sites for hydroxylation is 3. The van der Waals surface area contributed by atoms with E-state index in [9.17, 15) is 0 Å². The third-order valence-electron chi connectivity index (χ3n) is 3.15. The lowest BCUT2D eigenvalue weighted by Gasteiger charge is -2.17. The fourth-order valence-electron chi connectivity index (χ4n) is 2.39. The molecule has 2 rings (SSSR count). The van der Waals surface area contributed by atoms with Crippen LogP contribution in [-0.4, -0.2) is 0 Å². The topological polar surface area (TPSA) is 0 Å². The summed E-state index contributed by atoms with van der Waals surface area (Å²) < 4.78 is 1.08. The van der Waals surface area contributed by atoms with Crippen LogP contribution in [0.1, 0.15) is 33.2 Å². The average molecular weight is 324 g/mol. The molecule has 0 saturated heterocycles. The molecular weight excluding hydrogens is 308 g/mol. The third kappa shape index (κ3) is 2.78. The van der Waals surface area contributed by atoms with Crippen LogP contribution in [0.4, 0.5) is 0 Å². The number of hydrogen-bond acceptors (Lipinski definition) is 0. The molecule has 0 nitrogen and oxygen atoms in total. The van der Waals surface area contributed by atoms with Crippen molar-refractivity contribution in [1.29, 1.82) is 0 Å². The van der Waals surface area contributed by atoms with Gasteiger partial charge in [0.2, 0.25) is 0 Å². The van der Waals surface area contributed by atoms with Crippen molar-refractivity contribution in [2.24, 2.45) is 0 Å². The first-order valence-corrected chi connectivity index (χ1v) is 7.19. The van der Waals surface area contributed by atoms with Crippen molar-refractivity contribution in [2.75, 3.05) is 0 Å². The fraction of sp³-hybridized carbons (Fsp3) is 0.250. The Kier molecular flexibility index (Phi) is 4.14. The fourth-order valence-corrected chi connectivity index (χ4v) is 3.14. The van der Waals surface area contributed by atoms with E-state index in [0.717, 1.165) is 10.0 Å². The number of halogens is 2. The SMILES string of the molecule is Cc1cc(C)c(C(Cl)c2ccc(Br)cc2)c(C)c1. The lowest BCUT2D eigenvalue weighted by molar-refractivity contribution is 1.07. The molecule has 1 unspecified atom stereocenters. The van der Waals surface area contributed by atoms with Crippen LogP contribution in [0.25, 0.3) is 0 Å². The minimum Gasteiger partial charge on any atom is -0.113 e. The van der Waals surface area contributed by atoms with Crippen LogP contribution in [-0.2, 0) is 0 Å². The zero-order chi connectivity index (χ0) is 13.3. The Bertz CT molecular complexity index is 535. The summed E-state index contributed by atoms with van der Waals surface area (Å²) >= 11 is 10.1. The Morgan fingerprint density at radius 1 is 0.944 bits per heavy atom. The molecular formula is C16H16BrCl. The summed E-state index contributed by atoms with van der Waals surface area (Å²) in [6.45, 7) is 6.37. The molecule has 2 aromatic rings. The Morgan fingerprint density at radius 2 is 1.44 bits per heavy atom. The highest BCUT2D eigenvalue weighted by molar-refractivity contribution is 9.10. The van der Waals surface area contributed by atoms with Crippen molar-refractivity contribution in [3.05, 3.63) is 68.7 Å². The highest BCUT2D eigenvalue weighted by Crippen LogP contribution is 2.34. The number of rotatable bonds is 2. The molecule has 0 heterocycles. The normalized spacial score (nSPS) is 12.5. The van der Waals surface area contributed by atoms with Gasteiger partial charge in [-0.1, -0.05) is 45.8 Å². The predicted molar refractivity (Wildman–Crippen MR) is 82.5 cm³/mol. The summed E-state index contributed by atoms with van der Waals surface area (Å²) in [6.07, 6.45) is 0. The van der Waals surface area contributed by atoms with Gasteiger partial charge in [-0.15, -0.1) is 11.6 Å². The summed E-state index contributed by atoms with van der Waals surface area (Å²) in [5.74, 6) is 0. The summed E-state index contributed by atoms with van der Waals surface area (Å²) in [7, 11) is 0. The van der Waals surface area contributed by atoms with Gasteiger partial charge in [0, 0.05) is 4.47 Å². The molecule has 94 valence electrons. The van der Waals surface area contributed by atoms with Crippen LogP contribution in [0.2, 0.25) is 0 Å². The van der Waals surface area contributed by atoms with Crippen LogP contribution in [0.15, 0.2) is 40.9 Å². The lowest BCUT2D eigenvalue weighted by Crippen LogP contribution is -2.00. The number of benzene rings is 2. The molecule has 0 aliphatic carbocycles. The predicted octanol–water partition coefficient (Wildman–Crippen LogP) is 5.70. The second-order valence-electron chi connectivity index (χ2n) is 4.73. The van der Waals surface area contributed by atoms with Crippen LogP contribution in [0.5, 0.6) is 0 Å². The first-order chi connectivity index (χ1) is 8.49. The Hall–Kier alpha value is -0.790. The van der Waals surface area contributed by atoms with Gasteiger partial charge in [-0.25, -0.2) is 0 Å². The van der Waals surface area contributed by atoms with Crippen LogP contribution in [0, 0.1) is 20.8 Å². The minimum absolute atomic E-state index is 0.0845. The van der Waals surface area contributed by atoms with Crippen molar-refractivity contribution in [3.63, 3.8) is 0 Å². The first kappa shape index (κ1) is 13.6. The van der Waals surface area contributed by atoms with E-state index in [1.54, 1.807) is 0 Å². The van der Waals surface area contributed by atoms with E-state index < -0.39 is 0 Å². The van der Waals surface area contributed by atoms with Crippen molar-refractivity contribution in [1.82, 2.24) is 0 Å². The monoisotopic (exact) mass is 322 g/mol. The molecule has 18 heavy (non-hydrogen) atoms. The summed E-state index contributed by atoms with van der Waals surface area (Å²) in [5.41, 5.74) is 6.17. The number of alkyl halides is 1. The molecule has 0 aliphatic rings. The molecule has 0 amide bonds. The Labute approximate surface area is 122 Å². The Morgan fingerprint density at radius 3 is 1.94 bits per heavy atom. The largest absolute Gasteiger partial charge is 0.113 e. The lowest BCUT2D eigenvalue weighted by atomic mass is 9.94. The van der Waals surface area contributed by atoms with Crippen LogP contribution >= 0.6 is 27.5 Å². The maximum absolute atomic E-state index is 6.63. The van der Waals surface area contributed by atoms with E-state index >= 15 is 0 Å². The highest BCUT2D eigenvalue weighted by Gasteiger charge is 2.15. The van der Waals surface area contributed by atoms with Crippen molar-refractivity contribution in [3.8, 4) is 0 Å². The van der Waals surface area contributed by atoms with E-state index in [4.69, 9.17) is 11.6 Å². The standard InChI is InChI=1S/C16H16BrCl/c1-10-8-11(2)15(12(3)9-10)16(18)13-4-6-14(17)7-5-13/h4-9,16H,1-3H3. The van der Waals surface area contributed by atoms with Gasteiger partial charge >= 0.3 is 0 Å². The van der Waals surface area contributed by atoms with E-state index in [-0.39, 0.29) is 5.38 Å². The maximum atomic E-state index is 6.63. The minimum atomic E-state index is -0.0845. The van der Waals surface area contributed by atoms with Crippen LogP contribution < -0.4 is 0 Å². The molecule has 0 aromatic heterocycles. The zero-order valence-electron chi connectivity index (χ0n) is 10.8. The second kappa shape index (κ2) is 5.46. The van der Waals surface area contributed by atoms with E-state index in [0.29, 0.717) is 0 Å². The molecule has 1 atom stereocenters. The smallest absolute Gasteiger partial charge is 0.0840 e. The molecule has 0 aliphatic heterocycles. The summed E-state index contributed by atoms with van der Waals surface area (Å²) in [4.78, 5) is 0. The van der Waals surface area contributed by atoms with Crippen molar-refractivity contribution >= 4 is 27.5 Å². The molecule has 0 radical (unpaired) electrons. The summed E-state index contributed by atoms with van der Waals surface area (Å²) in [6, 6.07) is 12.6.